The molecule has 0 fully saturated rings. The number of halogens is 3. The standard InChI is InChI=1S/C14H12ClF2N3O/c1-2-18-13-12(17)9(5-6-19-13)14(21)20-11-4-3-8(15)7-10(11)16/h3-7H,2H2,1H3,(H,18,19)(H,20,21). The molecule has 0 saturated heterocycles. The molecule has 0 saturated carbocycles. The van der Waals surface area contributed by atoms with Crippen molar-refractivity contribution >= 4 is 29.0 Å². The third-order valence-electron chi connectivity index (χ3n) is 2.66. The predicted octanol–water partition coefficient (Wildman–Crippen LogP) is 3.70. The summed E-state index contributed by atoms with van der Waals surface area (Å²) in [5.74, 6) is -2.28. The Balaban J connectivity index is 2.26. The van der Waals surface area contributed by atoms with Crippen LogP contribution in [0.15, 0.2) is 30.5 Å². The fourth-order valence-electron chi connectivity index (χ4n) is 1.69. The van der Waals surface area contributed by atoms with E-state index in [1.54, 1.807) is 6.92 Å². The quantitative estimate of drug-likeness (QED) is 0.905. The van der Waals surface area contributed by atoms with Gasteiger partial charge in [0.05, 0.1) is 11.3 Å². The highest BCUT2D eigenvalue weighted by Crippen LogP contribution is 2.21. The lowest BCUT2D eigenvalue weighted by atomic mass is 10.2. The number of amides is 1. The van der Waals surface area contributed by atoms with Crippen molar-refractivity contribution in [3.8, 4) is 0 Å². The van der Waals surface area contributed by atoms with E-state index in [4.69, 9.17) is 11.6 Å². The summed E-state index contributed by atoms with van der Waals surface area (Å²) in [4.78, 5) is 15.8. The van der Waals surface area contributed by atoms with Crippen LogP contribution in [0.2, 0.25) is 5.02 Å². The van der Waals surface area contributed by atoms with E-state index in [1.807, 2.05) is 0 Å². The molecule has 0 radical (unpaired) electrons. The lowest BCUT2D eigenvalue weighted by Crippen LogP contribution is -2.16. The van der Waals surface area contributed by atoms with Crippen molar-refractivity contribution in [1.29, 1.82) is 0 Å². The Hall–Kier alpha value is -2.21. The zero-order valence-electron chi connectivity index (χ0n) is 11.1. The molecule has 2 N–H and O–H groups in total. The van der Waals surface area contributed by atoms with E-state index in [0.717, 1.165) is 6.07 Å². The number of hydrogen-bond donors (Lipinski definition) is 2. The van der Waals surface area contributed by atoms with Crippen molar-refractivity contribution in [2.45, 2.75) is 6.92 Å². The molecule has 21 heavy (non-hydrogen) atoms. The van der Waals surface area contributed by atoms with E-state index in [9.17, 15) is 13.6 Å². The molecule has 0 aliphatic rings. The van der Waals surface area contributed by atoms with Gasteiger partial charge in [-0.3, -0.25) is 4.79 Å². The van der Waals surface area contributed by atoms with Crippen LogP contribution in [0.25, 0.3) is 0 Å². The molecule has 2 rings (SSSR count). The minimum absolute atomic E-state index is 0.0262. The van der Waals surface area contributed by atoms with Crippen LogP contribution in [0.4, 0.5) is 20.3 Å². The topological polar surface area (TPSA) is 54.0 Å². The molecule has 0 bridgehead atoms. The third-order valence-corrected chi connectivity index (χ3v) is 2.89. The Kier molecular flexibility index (Phi) is 4.70. The first-order chi connectivity index (χ1) is 10.0. The van der Waals surface area contributed by atoms with Crippen LogP contribution < -0.4 is 10.6 Å². The van der Waals surface area contributed by atoms with Gasteiger partial charge in [-0.1, -0.05) is 11.6 Å². The average molecular weight is 312 g/mol. The lowest BCUT2D eigenvalue weighted by Gasteiger charge is -2.09. The van der Waals surface area contributed by atoms with Crippen molar-refractivity contribution in [2.24, 2.45) is 0 Å². The highest BCUT2D eigenvalue weighted by atomic mass is 35.5. The first-order valence-corrected chi connectivity index (χ1v) is 6.55. The van der Waals surface area contributed by atoms with Gasteiger partial charge in [-0.25, -0.2) is 13.8 Å². The number of carbonyl (C=O) groups excluding carboxylic acids is 1. The molecule has 0 aliphatic carbocycles. The number of aromatic nitrogens is 1. The largest absolute Gasteiger partial charge is 0.368 e. The minimum atomic E-state index is -0.786. The molecule has 1 aromatic heterocycles. The van der Waals surface area contributed by atoms with E-state index in [1.165, 1.54) is 24.4 Å². The molecule has 0 unspecified atom stereocenters. The van der Waals surface area contributed by atoms with E-state index in [-0.39, 0.29) is 22.1 Å². The summed E-state index contributed by atoms with van der Waals surface area (Å²) >= 11 is 5.62. The summed E-state index contributed by atoms with van der Waals surface area (Å²) < 4.78 is 27.7. The number of hydrogen-bond acceptors (Lipinski definition) is 3. The molecule has 1 amide bonds. The van der Waals surface area contributed by atoms with Crippen molar-refractivity contribution in [3.63, 3.8) is 0 Å². The van der Waals surface area contributed by atoms with Crippen molar-refractivity contribution < 1.29 is 13.6 Å². The molecule has 7 heteroatoms. The summed E-state index contributed by atoms with van der Waals surface area (Å²) in [7, 11) is 0. The van der Waals surface area contributed by atoms with Crippen LogP contribution in [-0.2, 0) is 0 Å². The van der Waals surface area contributed by atoms with Gasteiger partial charge < -0.3 is 10.6 Å². The van der Waals surface area contributed by atoms with Crippen LogP contribution in [0, 0.1) is 11.6 Å². The van der Waals surface area contributed by atoms with Gasteiger partial charge in [-0.05, 0) is 31.2 Å². The monoisotopic (exact) mass is 311 g/mol. The number of pyridine rings is 1. The molecular formula is C14H12ClF2N3O. The Morgan fingerprint density at radius 3 is 2.76 bits per heavy atom. The Morgan fingerprint density at radius 2 is 2.10 bits per heavy atom. The van der Waals surface area contributed by atoms with Gasteiger partial charge in [-0.2, -0.15) is 0 Å². The smallest absolute Gasteiger partial charge is 0.258 e. The second-order valence-corrected chi connectivity index (χ2v) is 4.57. The molecule has 1 aromatic carbocycles. The van der Waals surface area contributed by atoms with Crippen LogP contribution in [-0.4, -0.2) is 17.4 Å². The first kappa shape index (κ1) is 15.2. The maximum Gasteiger partial charge on any atom is 0.258 e. The summed E-state index contributed by atoms with van der Waals surface area (Å²) in [5.41, 5.74) is -0.305. The van der Waals surface area contributed by atoms with Gasteiger partial charge in [0, 0.05) is 17.8 Å². The lowest BCUT2D eigenvalue weighted by molar-refractivity contribution is 0.102. The molecule has 4 nitrogen and oxygen atoms in total. The number of nitrogens with one attached hydrogen (secondary N) is 2. The van der Waals surface area contributed by atoms with Gasteiger partial charge in [0.1, 0.15) is 5.82 Å². The van der Waals surface area contributed by atoms with Crippen LogP contribution in [0.3, 0.4) is 0 Å². The maximum absolute atomic E-state index is 14.1. The van der Waals surface area contributed by atoms with Crippen molar-refractivity contribution in [2.75, 3.05) is 17.2 Å². The second-order valence-electron chi connectivity index (χ2n) is 4.13. The molecule has 110 valence electrons. The number of anilines is 2. The molecule has 2 aromatic rings. The van der Waals surface area contributed by atoms with Crippen LogP contribution in [0.5, 0.6) is 0 Å². The van der Waals surface area contributed by atoms with Crippen molar-refractivity contribution in [1.82, 2.24) is 4.98 Å². The molecular weight excluding hydrogens is 300 g/mol. The first-order valence-electron chi connectivity index (χ1n) is 6.17. The minimum Gasteiger partial charge on any atom is -0.368 e. The van der Waals surface area contributed by atoms with Gasteiger partial charge >= 0.3 is 0 Å². The Morgan fingerprint density at radius 1 is 1.33 bits per heavy atom. The number of carbonyl (C=O) groups is 1. The molecule has 0 spiro atoms. The van der Waals surface area contributed by atoms with Gasteiger partial charge in [0.2, 0.25) is 0 Å². The van der Waals surface area contributed by atoms with E-state index < -0.39 is 17.5 Å². The molecule has 0 aliphatic heterocycles. The highest BCUT2D eigenvalue weighted by molar-refractivity contribution is 6.30. The molecule has 1 heterocycles. The summed E-state index contributed by atoms with van der Waals surface area (Å²) in [6, 6.07) is 5.01. The maximum atomic E-state index is 14.1. The zero-order chi connectivity index (χ0) is 15.4. The summed E-state index contributed by atoms with van der Waals surface area (Å²) in [5, 5.41) is 5.20. The van der Waals surface area contributed by atoms with Gasteiger partial charge in [0.15, 0.2) is 11.6 Å². The number of rotatable bonds is 4. The fraction of sp³-hybridized carbons (Fsp3) is 0.143. The third kappa shape index (κ3) is 3.46. The van der Waals surface area contributed by atoms with Crippen LogP contribution in [0.1, 0.15) is 17.3 Å². The van der Waals surface area contributed by atoms with Crippen LogP contribution >= 0.6 is 11.6 Å². The number of nitrogens with zero attached hydrogens (tertiary/aromatic N) is 1. The zero-order valence-corrected chi connectivity index (χ0v) is 11.8. The molecule has 0 atom stereocenters. The number of benzene rings is 1. The van der Waals surface area contributed by atoms with E-state index >= 15 is 0 Å². The second kappa shape index (κ2) is 6.49. The van der Waals surface area contributed by atoms with Gasteiger partial charge in [-0.15, -0.1) is 0 Å². The summed E-state index contributed by atoms with van der Waals surface area (Å²) in [6.45, 7) is 2.23. The predicted molar refractivity (Wildman–Crippen MR) is 77.7 cm³/mol. The normalized spacial score (nSPS) is 10.3. The van der Waals surface area contributed by atoms with Gasteiger partial charge in [0.25, 0.3) is 5.91 Å². The SMILES string of the molecule is CCNc1nccc(C(=O)Nc2ccc(Cl)cc2F)c1F. The fourth-order valence-corrected chi connectivity index (χ4v) is 1.85. The summed E-state index contributed by atoms with van der Waals surface area (Å²) in [6.07, 6.45) is 1.30. The average Bonchev–Trinajstić information content (AvgIpc) is 2.44. The Bertz CT molecular complexity index is 679. The Labute approximate surface area is 125 Å². The highest BCUT2D eigenvalue weighted by Gasteiger charge is 2.17. The van der Waals surface area contributed by atoms with E-state index in [0.29, 0.717) is 6.54 Å². The van der Waals surface area contributed by atoms with Crippen molar-refractivity contribution in [3.05, 3.63) is 52.7 Å². The van der Waals surface area contributed by atoms with E-state index in [2.05, 4.69) is 15.6 Å².